The van der Waals surface area contributed by atoms with Crippen molar-refractivity contribution in [1.29, 1.82) is 0 Å². The van der Waals surface area contributed by atoms with Crippen molar-refractivity contribution in [1.82, 2.24) is 15.0 Å². The van der Waals surface area contributed by atoms with Gasteiger partial charge in [0.2, 0.25) is 0 Å². The zero-order valence-electron chi connectivity index (χ0n) is 7.85. The lowest BCUT2D eigenvalue weighted by atomic mass is 10.3. The third-order valence-corrected chi connectivity index (χ3v) is 1.64. The van der Waals surface area contributed by atoms with Crippen molar-refractivity contribution in [3.8, 4) is 0 Å². The minimum absolute atomic E-state index is 0.241. The topological polar surface area (TPSA) is 88.2 Å². The van der Waals surface area contributed by atoms with Crippen LogP contribution < -0.4 is 0 Å². The van der Waals surface area contributed by atoms with Crippen molar-refractivity contribution < 1.29 is 28.2 Å². The number of alkyl halides is 3. The molecule has 16 heavy (non-hydrogen) atoms. The van der Waals surface area contributed by atoms with E-state index in [9.17, 15) is 18.0 Å². The number of hydrogen-bond acceptors (Lipinski definition) is 5. The number of rotatable bonds is 4. The number of hydrogen-bond donors (Lipinski definition) is 2. The zero-order chi connectivity index (χ0) is 12.3. The molecule has 0 amide bonds. The predicted octanol–water partition coefficient (Wildman–Crippen LogP) is -0.624. The Morgan fingerprint density at radius 2 is 2.19 bits per heavy atom. The number of nitrogens with zero attached hydrogens (tertiary/aromatic N) is 3. The van der Waals surface area contributed by atoms with Crippen molar-refractivity contribution in [2.75, 3.05) is 6.61 Å². The molecule has 1 rings (SSSR count). The van der Waals surface area contributed by atoms with E-state index in [2.05, 4.69) is 10.3 Å². The number of ketones is 1. The van der Waals surface area contributed by atoms with Gasteiger partial charge in [-0.3, -0.25) is 4.79 Å². The molecule has 0 aromatic carbocycles. The molecule has 0 aliphatic rings. The van der Waals surface area contributed by atoms with E-state index < -0.39 is 30.4 Å². The Morgan fingerprint density at radius 3 is 2.69 bits per heavy atom. The molecule has 0 radical (unpaired) electrons. The molecule has 0 spiro atoms. The number of halogens is 3. The Kier molecular flexibility index (Phi) is 3.60. The summed E-state index contributed by atoms with van der Waals surface area (Å²) in [7, 11) is 0. The Hall–Kier alpha value is -1.48. The molecule has 0 saturated heterocycles. The molecule has 0 fully saturated rings. The van der Waals surface area contributed by atoms with Gasteiger partial charge in [-0.25, -0.2) is 4.68 Å². The van der Waals surface area contributed by atoms with Crippen LogP contribution in [0.5, 0.6) is 0 Å². The van der Waals surface area contributed by atoms with Gasteiger partial charge in [0.25, 0.3) is 5.78 Å². The molecule has 9 heteroatoms. The van der Waals surface area contributed by atoms with Gasteiger partial charge in [-0.2, -0.15) is 13.2 Å². The van der Waals surface area contributed by atoms with Gasteiger partial charge in [-0.05, 0) is 0 Å². The number of aromatic nitrogens is 3. The van der Waals surface area contributed by atoms with Crippen LogP contribution in [0.15, 0.2) is 6.20 Å². The largest absolute Gasteiger partial charge is 0.456 e. The molecule has 90 valence electrons. The molecule has 2 N–H and O–H groups in total. The smallest absolute Gasteiger partial charge is 0.394 e. The van der Waals surface area contributed by atoms with Gasteiger partial charge in [0.05, 0.1) is 25.5 Å². The van der Waals surface area contributed by atoms with Crippen LogP contribution in [0, 0.1) is 0 Å². The number of aliphatic hydroxyl groups excluding tert-OH is 2. The van der Waals surface area contributed by atoms with Crippen LogP contribution in [0.3, 0.4) is 0 Å². The predicted molar refractivity (Wildman–Crippen MR) is 43.5 cm³/mol. The molecule has 1 heterocycles. The maximum absolute atomic E-state index is 12.0. The Balaban J connectivity index is 2.76. The molecule has 6 nitrogen and oxygen atoms in total. The van der Waals surface area contributed by atoms with Crippen molar-refractivity contribution in [2.45, 2.75) is 18.8 Å². The highest BCUT2D eigenvalue weighted by Gasteiger charge is 2.41. The highest BCUT2D eigenvalue weighted by atomic mass is 19.4. The molecule has 1 atom stereocenters. The van der Waals surface area contributed by atoms with Crippen LogP contribution in [-0.2, 0) is 6.54 Å². The second kappa shape index (κ2) is 4.58. The third kappa shape index (κ3) is 3.00. The van der Waals surface area contributed by atoms with Crippen LogP contribution in [0.25, 0.3) is 0 Å². The summed E-state index contributed by atoms with van der Waals surface area (Å²) in [4.78, 5) is 10.7. The van der Waals surface area contributed by atoms with E-state index in [1.54, 1.807) is 0 Å². The highest BCUT2D eigenvalue weighted by Crippen LogP contribution is 2.19. The van der Waals surface area contributed by atoms with Crippen LogP contribution >= 0.6 is 0 Å². The highest BCUT2D eigenvalue weighted by molar-refractivity contribution is 5.98. The van der Waals surface area contributed by atoms with Gasteiger partial charge in [-0.15, -0.1) is 5.10 Å². The zero-order valence-corrected chi connectivity index (χ0v) is 7.85. The Labute approximate surface area is 87.3 Å². The fraction of sp³-hybridized carbons (Fsp3) is 0.571. The SMILES string of the molecule is O=C(c1cn(CC(O)CO)nn1)C(F)(F)F. The average Bonchev–Trinajstić information content (AvgIpc) is 2.63. The van der Waals surface area contributed by atoms with Crippen molar-refractivity contribution in [3.05, 3.63) is 11.9 Å². The van der Waals surface area contributed by atoms with Crippen LogP contribution in [0.4, 0.5) is 13.2 Å². The van der Waals surface area contributed by atoms with E-state index in [-0.39, 0.29) is 6.54 Å². The summed E-state index contributed by atoms with van der Waals surface area (Å²) in [6.45, 7) is -0.808. The Morgan fingerprint density at radius 1 is 1.56 bits per heavy atom. The molecule has 0 aliphatic carbocycles. The number of Topliss-reactive ketones (excluding diaryl/α,β-unsaturated/α-hetero) is 1. The molecule has 0 saturated carbocycles. The lowest BCUT2D eigenvalue weighted by molar-refractivity contribution is -0.0888. The van der Waals surface area contributed by atoms with E-state index in [1.807, 2.05) is 0 Å². The molecule has 0 bridgehead atoms. The normalized spacial score (nSPS) is 13.8. The second-order valence-corrected chi connectivity index (χ2v) is 2.99. The average molecular weight is 239 g/mol. The fourth-order valence-corrected chi connectivity index (χ4v) is 0.911. The summed E-state index contributed by atoms with van der Waals surface area (Å²) in [5.41, 5.74) is -0.849. The van der Waals surface area contributed by atoms with Crippen LogP contribution in [0.1, 0.15) is 10.5 Å². The van der Waals surface area contributed by atoms with Gasteiger partial charge in [0.15, 0.2) is 5.69 Å². The van der Waals surface area contributed by atoms with Gasteiger partial charge in [-0.1, -0.05) is 5.21 Å². The minimum atomic E-state index is -5.00. The maximum atomic E-state index is 12.0. The summed E-state index contributed by atoms with van der Waals surface area (Å²) in [6.07, 6.45) is -5.42. The first-order valence-electron chi connectivity index (χ1n) is 4.15. The summed E-state index contributed by atoms with van der Waals surface area (Å²) in [5, 5.41) is 23.7. The summed E-state index contributed by atoms with van der Waals surface area (Å²) in [5.74, 6) is -2.10. The first-order chi connectivity index (χ1) is 7.34. The van der Waals surface area contributed by atoms with Gasteiger partial charge in [0, 0.05) is 0 Å². The van der Waals surface area contributed by atoms with Crippen LogP contribution in [0.2, 0.25) is 0 Å². The minimum Gasteiger partial charge on any atom is -0.394 e. The summed E-state index contributed by atoms with van der Waals surface area (Å²) in [6, 6.07) is 0. The summed E-state index contributed by atoms with van der Waals surface area (Å²) < 4.78 is 36.7. The first-order valence-corrected chi connectivity index (χ1v) is 4.15. The van der Waals surface area contributed by atoms with Crippen molar-refractivity contribution in [2.24, 2.45) is 0 Å². The third-order valence-electron chi connectivity index (χ3n) is 1.64. The van der Waals surface area contributed by atoms with E-state index in [0.29, 0.717) is 0 Å². The first kappa shape index (κ1) is 12.6. The van der Waals surface area contributed by atoms with Crippen LogP contribution in [-0.4, -0.2) is 49.9 Å². The van der Waals surface area contributed by atoms with E-state index in [0.717, 1.165) is 10.9 Å². The molecular weight excluding hydrogens is 231 g/mol. The number of aliphatic hydroxyl groups is 2. The standard InChI is InChI=1S/C7H8F3N3O3/c8-7(9,10)6(16)5-2-13(12-11-5)1-4(15)3-14/h2,4,14-15H,1,3H2. The van der Waals surface area contributed by atoms with Gasteiger partial charge >= 0.3 is 6.18 Å². The maximum Gasteiger partial charge on any atom is 0.456 e. The Bertz CT molecular complexity index is 376. The fourth-order valence-electron chi connectivity index (χ4n) is 0.911. The van der Waals surface area contributed by atoms with Gasteiger partial charge in [0.1, 0.15) is 0 Å². The lowest BCUT2D eigenvalue weighted by Crippen LogP contribution is -2.23. The molecule has 1 aromatic rings. The number of carbonyl (C=O) groups is 1. The molecule has 1 aromatic heterocycles. The molecule has 1 unspecified atom stereocenters. The van der Waals surface area contributed by atoms with Crippen molar-refractivity contribution >= 4 is 5.78 Å². The quantitative estimate of drug-likeness (QED) is 0.683. The van der Waals surface area contributed by atoms with E-state index in [4.69, 9.17) is 10.2 Å². The summed E-state index contributed by atoms with van der Waals surface area (Å²) >= 11 is 0. The molecular formula is C7H8F3N3O3. The van der Waals surface area contributed by atoms with E-state index in [1.165, 1.54) is 0 Å². The van der Waals surface area contributed by atoms with Crippen molar-refractivity contribution in [3.63, 3.8) is 0 Å². The number of carbonyl (C=O) groups excluding carboxylic acids is 1. The monoisotopic (exact) mass is 239 g/mol. The van der Waals surface area contributed by atoms with E-state index >= 15 is 0 Å². The van der Waals surface area contributed by atoms with Gasteiger partial charge < -0.3 is 10.2 Å². The molecule has 0 aliphatic heterocycles. The lowest BCUT2D eigenvalue weighted by Gasteiger charge is -2.04. The second-order valence-electron chi connectivity index (χ2n) is 2.99.